The summed E-state index contributed by atoms with van der Waals surface area (Å²) in [7, 11) is 0. The first-order valence-electron chi connectivity index (χ1n) is 10.7. The number of hydrogen-bond acceptors (Lipinski definition) is 6. The van der Waals surface area contributed by atoms with Crippen molar-refractivity contribution in [1.82, 2.24) is 0 Å². The molecule has 0 fully saturated rings. The molecule has 0 radical (unpaired) electrons. The third kappa shape index (κ3) is 5.48. The van der Waals surface area contributed by atoms with E-state index in [1.165, 1.54) is 54.6 Å². The molecule has 0 saturated carbocycles. The van der Waals surface area contributed by atoms with Gasteiger partial charge in [0.1, 0.15) is 29.5 Å². The van der Waals surface area contributed by atoms with Gasteiger partial charge in [0.05, 0.1) is 17.6 Å². The molecule has 0 aliphatic carbocycles. The maximum atomic E-state index is 13.8. The van der Waals surface area contributed by atoms with Crippen molar-refractivity contribution in [2.75, 3.05) is 6.61 Å². The van der Waals surface area contributed by atoms with E-state index in [-0.39, 0.29) is 41.2 Å². The first kappa shape index (κ1) is 24.8. The lowest BCUT2D eigenvalue weighted by atomic mass is 10.2. The van der Waals surface area contributed by atoms with Crippen LogP contribution in [0.25, 0.3) is 11.0 Å². The predicted octanol–water partition coefficient (Wildman–Crippen LogP) is 6.50. The van der Waals surface area contributed by atoms with Crippen molar-refractivity contribution in [3.05, 3.63) is 99.7 Å². The summed E-state index contributed by atoms with van der Waals surface area (Å²) in [4.78, 5) is 24.7. The average molecular weight is 502 g/mol. The largest absolute Gasteiger partial charge is 0.489 e. The van der Waals surface area contributed by atoms with E-state index in [1.54, 1.807) is 13.0 Å². The molecule has 0 unspecified atom stereocenters. The maximum Gasteiger partial charge on any atom is 0.453 e. The molecular formula is C26H18F4O6. The van der Waals surface area contributed by atoms with Crippen LogP contribution in [0.1, 0.15) is 28.6 Å². The summed E-state index contributed by atoms with van der Waals surface area (Å²) in [5.74, 6) is -3.75. The van der Waals surface area contributed by atoms with E-state index in [0.29, 0.717) is 5.56 Å². The van der Waals surface area contributed by atoms with Crippen molar-refractivity contribution >= 4 is 16.9 Å². The van der Waals surface area contributed by atoms with Crippen molar-refractivity contribution in [1.29, 1.82) is 0 Å². The summed E-state index contributed by atoms with van der Waals surface area (Å²) in [5, 5.41) is -0.167. The van der Waals surface area contributed by atoms with Crippen LogP contribution in [0, 0.1) is 5.82 Å². The van der Waals surface area contributed by atoms with Gasteiger partial charge in [0.2, 0.25) is 11.2 Å². The molecule has 3 aromatic carbocycles. The fraction of sp³-hybridized carbons (Fsp3) is 0.154. The molecule has 1 aromatic heterocycles. The van der Waals surface area contributed by atoms with Gasteiger partial charge in [-0.25, -0.2) is 9.18 Å². The highest BCUT2D eigenvalue weighted by atomic mass is 19.4. The molecule has 10 heteroatoms. The molecule has 6 nitrogen and oxygen atoms in total. The van der Waals surface area contributed by atoms with E-state index in [0.717, 1.165) is 6.07 Å². The molecule has 0 aliphatic rings. The summed E-state index contributed by atoms with van der Waals surface area (Å²) in [6, 6.07) is 14.5. The Morgan fingerprint density at radius 2 is 1.69 bits per heavy atom. The Kier molecular flexibility index (Phi) is 6.96. The fourth-order valence-electron chi connectivity index (χ4n) is 3.31. The Hall–Kier alpha value is -4.34. The molecule has 0 aliphatic heterocycles. The number of carbonyl (C=O) groups excluding carboxylic acids is 1. The van der Waals surface area contributed by atoms with E-state index < -0.39 is 34.9 Å². The van der Waals surface area contributed by atoms with Crippen LogP contribution >= 0.6 is 0 Å². The van der Waals surface area contributed by atoms with Crippen molar-refractivity contribution in [3.8, 4) is 17.2 Å². The Morgan fingerprint density at radius 3 is 2.36 bits per heavy atom. The number of rotatable bonds is 7. The van der Waals surface area contributed by atoms with E-state index in [9.17, 15) is 27.2 Å². The zero-order chi connectivity index (χ0) is 25.9. The predicted molar refractivity (Wildman–Crippen MR) is 121 cm³/mol. The molecule has 0 N–H and O–H groups in total. The van der Waals surface area contributed by atoms with Gasteiger partial charge < -0.3 is 18.6 Å². The highest BCUT2D eigenvalue weighted by Crippen LogP contribution is 2.38. The van der Waals surface area contributed by atoms with Gasteiger partial charge in [-0.15, -0.1) is 0 Å². The monoisotopic (exact) mass is 502 g/mol. The van der Waals surface area contributed by atoms with Crippen LogP contribution in [0.3, 0.4) is 0 Å². The lowest BCUT2D eigenvalue weighted by Gasteiger charge is -2.14. The number of esters is 1. The molecule has 0 spiro atoms. The first-order chi connectivity index (χ1) is 17.2. The summed E-state index contributed by atoms with van der Waals surface area (Å²) < 4.78 is 75.4. The molecular weight excluding hydrogens is 484 g/mol. The molecule has 0 amide bonds. The third-order valence-corrected chi connectivity index (χ3v) is 4.96. The second-order valence-corrected chi connectivity index (χ2v) is 7.51. The number of hydrogen-bond donors (Lipinski definition) is 0. The van der Waals surface area contributed by atoms with Crippen LogP contribution in [0.5, 0.6) is 17.2 Å². The number of benzene rings is 3. The molecule has 4 rings (SSSR count). The topological polar surface area (TPSA) is 75.0 Å². The second kappa shape index (κ2) is 10.1. The first-order valence-corrected chi connectivity index (χ1v) is 10.7. The van der Waals surface area contributed by atoms with Crippen LogP contribution in [0.15, 0.2) is 75.9 Å². The lowest BCUT2D eigenvalue weighted by molar-refractivity contribution is -0.154. The normalized spacial score (nSPS) is 11.4. The average Bonchev–Trinajstić information content (AvgIpc) is 2.84. The summed E-state index contributed by atoms with van der Waals surface area (Å²) >= 11 is 0. The number of fused-ring (bicyclic) bond motifs is 1. The minimum atomic E-state index is -5.05. The van der Waals surface area contributed by atoms with Gasteiger partial charge in [-0.05, 0) is 61.0 Å². The van der Waals surface area contributed by atoms with Gasteiger partial charge in [0.15, 0.2) is 0 Å². The van der Waals surface area contributed by atoms with Crippen LogP contribution in [-0.2, 0) is 17.5 Å². The Balaban J connectivity index is 1.66. The van der Waals surface area contributed by atoms with E-state index >= 15 is 0 Å². The van der Waals surface area contributed by atoms with Gasteiger partial charge in [-0.3, -0.25) is 4.79 Å². The lowest BCUT2D eigenvalue weighted by Crippen LogP contribution is -2.15. The highest BCUT2D eigenvalue weighted by molar-refractivity contribution is 5.89. The number of carbonyl (C=O) groups is 1. The minimum absolute atomic E-state index is 0.0530. The van der Waals surface area contributed by atoms with Gasteiger partial charge in [0.25, 0.3) is 5.76 Å². The number of ether oxygens (including phenoxy) is 3. The summed E-state index contributed by atoms with van der Waals surface area (Å²) in [6.45, 7) is 1.73. The standard InChI is InChI=1S/C26H18F4O6/c1-2-33-25(32)16-6-8-18(9-7-16)35-23-22(31)20-11-10-19(13-21(20)36-24(23)26(28,29)30)34-14-15-4-3-5-17(27)12-15/h3-13H,2,14H2,1H3. The molecule has 1 heterocycles. The van der Waals surface area contributed by atoms with Gasteiger partial charge in [-0.1, -0.05) is 12.1 Å². The molecule has 186 valence electrons. The van der Waals surface area contributed by atoms with Crippen LogP contribution in [0.2, 0.25) is 0 Å². The van der Waals surface area contributed by atoms with Crippen molar-refractivity contribution in [3.63, 3.8) is 0 Å². The van der Waals surface area contributed by atoms with Crippen LogP contribution in [-0.4, -0.2) is 12.6 Å². The Bertz CT molecular complexity index is 1460. The van der Waals surface area contributed by atoms with E-state index in [4.69, 9.17) is 18.6 Å². The SMILES string of the molecule is CCOC(=O)c1ccc(Oc2c(C(F)(F)F)oc3cc(OCc4cccc(F)c4)ccc3c2=O)cc1. The third-order valence-electron chi connectivity index (χ3n) is 4.96. The molecule has 0 atom stereocenters. The fourth-order valence-corrected chi connectivity index (χ4v) is 3.31. The quantitative estimate of drug-likeness (QED) is 0.212. The Labute approximate surface area is 201 Å². The van der Waals surface area contributed by atoms with Crippen molar-refractivity contribution in [2.24, 2.45) is 0 Å². The molecule has 0 bridgehead atoms. The number of alkyl halides is 3. The number of halogens is 4. The maximum absolute atomic E-state index is 13.8. The zero-order valence-electron chi connectivity index (χ0n) is 18.7. The summed E-state index contributed by atoms with van der Waals surface area (Å²) in [6.07, 6.45) is -5.05. The summed E-state index contributed by atoms with van der Waals surface area (Å²) in [5.41, 5.74) is -0.745. The highest BCUT2D eigenvalue weighted by Gasteiger charge is 2.40. The minimum Gasteiger partial charge on any atom is -0.489 e. The van der Waals surface area contributed by atoms with Crippen LogP contribution in [0.4, 0.5) is 17.6 Å². The van der Waals surface area contributed by atoms with Crippen molar-refractivity contribution < 1.29 is 41.0 Å². The molecule has 0 saturated heterocycles. The smallest absolute Gasteiger partial charge is 0.453 e. The van der Waals surface area contributed by atoms with E-state index in [1.807, 2.05) is 0 Å². The Morgan fingerprint density at radius 1 is 0.972 bits per heavy atom. The molecule has 36 heavy (non-hydrogen) atoms. The molecule has 4 aromatic rings. The van der Waals surface area contributed by atoms with Gasteiger partial charge in [-0.2, -0.15) is 13.2 Å². The van der Waals surface area contributed by atoms with Crippen molar-refractivity contribution in [2.45, 2.75) is 19.7 Å². The van der Waals surface area contributed by atoms with Crippen LogP contribution < -0.4 is 14.9 Å². The van der Waals surface area contributed by atoms with Gasteiger partial charge in [0, 0.05) is 6.07 Å². The van der Waals surface area contributed by atoms with Gasteiger partial charge >= 0.3 is 12.1 Å². The zero-order valence-corrected chi connectivity index (χ0v) is 18.7. The van der Waals surface area contributed by atoms with E-state index in [2.05, 4.69) is 0 Å². The second-order valence-electron chi connectivity index (χ2n) is 7.51.